The molecule has 16 heavy (non-hydrogen) atoms. The zero-order chi connectivity index (χ0) is 11.7. The minimum absolute atomic E-state index is 0.184. The van der Waals surface area contributed by atoms with E-state index in [4.69, 9.17) is 5.11 Å². The molecule has 1 saturated carbocycles. The van der Waals surface area contributed by atoms with E-state index in [0.717, 1.165) is 12.8 Å². The van der Waals surface area contributed by atoms with Crippen LogP contribution in [0.2, 0.25) is 0 Å². The first-order valence-electron chi connectivity index (χ1n) is 5.23. The molecule has 1 aromatic rings. The molecule has 1 aliphatic rings. The third-order valence-corrected chi connectivity index (χ3v) is 2.64. The molecule has 0 aromatic heterocycles. The number of carbonyl (C=O) groups is 2. The molecule has 0 aliphatic heterocycles. The van der Waals surface area contributed by atoms with E-state index in [0.29, 0.717) is 11.1 Å². The van der Waals surface area contributed by atoms with E-state index in [1.54, 1.807) is 19.1 Å². The minimum Gasteiger partial charge on any atom is -0.478 e. The van der Waals surface area contributed by atoms with Crippen LogP contribution in [0.15, 0.2) is 18.2 Å². The summed E-state index contributed by atoms with van der Waals surface area (Å²) >= 11 is 0. The molecule has 0 heterocycles. The second-order valence-corrected chi connectivity index (χ2v) is 4.08. The number of amides is 1. The standard InChI is InChI=1S/C12H13NO3/c1-7-2-3-8(6-10(7)12(15)16)11(14)13-9-4-5-9/h2-3,6,9H,4-5H2,1H3,(H,13,14)(H,15,16). The van der Waals surface area contributed by atoms with E-state index in [1.165, 1.54) is 6.07 Å². The molecule has 2 rings (SSSR count). The molecule has 0 radical (unpaired) electrons. The average molecular weight is 219 g/mol. The number of aryl methyl sites for hydroxylation is 1. The van der Waals surface area contributed by atoms with E-state index < -0.39 is 5.97 Å². The Morgan fingerprint density at radius 2 is 2.06 bits per heavy atom. The molecule has 2 N–H and O–H groups in total. The summed E-state index contributed by atoms with van der Waals surface area (Å²) in [5.41, 5.74) is 1.26. The predicted octanol–water partition coefficient (Wildman–Crippen LogP) is 1.59. The number of benzene rings is 1. The van der Waals surface area contributed by atoms with Gasteiger partial charge in [0.15, 0.2) is 0 Å². The number of nitrogens with one attached hydrogen (secondary N) is 1. The van der Waals surface area contributed by atoms with Crippen LogP contribution in [0.3, 0.4) is 0 Å². The Bertz CT molecular complexity index is 450. The lowest BCUT2D eigenvalue weighted by Crippen LogP contribution is -2.25. The molecular formula is C12H13NO3. The number of carbonyl (C=O) groups excluding carboxylic acids is 1. The summed E-state index contributed by atoms with van der Waals surface area (Å²) in [7, 11) is 0. The summed E-state index contributed by atoms with van der Waals surface area (Å²) in [6, 6.07) is 5.02. The number of hydrogen-bond donors (Lipinski definition) is 2. The highest BCUT2D eigenvalue weighted by molar-refractivity contribution is 5.98. The van der Waals surface area contributed by atoms with Crippen molar-refractivity contribution >= 4 is 11.9 Å². The number of aromatic carboxylic acids is 1. The molecule has 4 nitrogen and oxygen atoms in total. The Morgan fingerprint density at radius 1 is 1.38 bits per heavy atom. The monoisotopic (exact) mass is 219 g/mol. The van der Waals surface area contributed by atoms with Crippen LogP contribution in [0.25, 0.3) is 0 Å². The van der Waals surface area contributed by atoms with Crippen LogP contribution >= 0.6 is 0 Å². The van der Waals surface area contributed by atoms with Crippen molar-refractivity contribution in [2.24, 2.45) is 0 Å². The summed E-state index contributed by atoms with van der Waals surface area (Å²) in [4.78, 5) is 22.6. The molecule has 1 amide bonds. The first-order chi connectivity index (χ1) is 7.58. The third-order valence-electron chi connectivity index (χ3n) is 2.64. The topological polar surface area (TPSA) is 66.4 Å². The van der Waals surface area contributed by atoms with Crippen molar-refractivity contribution in [3.05, 3.63) is 34.9 Å². The fourth-order valence-corrected chi connectivity index (χ4v) is 1.49. The normalized spacial score (nSPS) is 14.6. The maximum Gasteiger partial charge on any atom is 0.335 e. The van der Waals surface area contributed by atoms with Crippen molar-refractivity contribution in [3.8, 4) is 0 Å². The maximum atomic E-state index is 11.7. The average Bonchev–Trinajstić information content (AvgIpc) is 3.01. The van der Waals surface area contributed by atoms with Crippen LogP contribution in [0.5, 0.6) is 0 Å². The Morgan fingerprint density at radius 3 is 2.62 bits per heavy atom. The first-order valence-corrected chi connectivity index (χ1v) is 5.23. The first kappa shape index (κ1) is 10.7. The number of hydrogen-bond acceptors (Lipinski definition) is 2. The van der Waals surface area contributed by atoms with E-state index in [9.17, 15) is 9.59 Å². The smallest absolute Gasteiger partial charge is 0.335 e. The van der Waals surface area contributed by atoms with Gasteiger partial charge in [-0.15, -0.1) is 0 Å². The van der Waals surface area contributed by atoms with Crippen LogP contribution in [-0.4, -0.2) is 23.0 Å². The van der Waals surface area contributed by atoms with Crippen molar-refractivity contribution in [2.75, 3.05) is 0 Å². The number of rotatable bonds is 3. The highest BCUT2D eigenvalue weighted by Crippen LogP contribution is 2.20. The van der Waals surface area contributed by atoms with Crippen LogP contribution < -0.4 is 5.32 Å². The van der Waals surface area contributed by atoms with Gasteiger partial charge in [-0.3, -0.25) is 4.79 Å². The van der Waals surface area contributed by atoms with Gasteiger partial charge in [0, 0.05) is 11.6 Å². The summed E-state index contributed by atoms with van der Waals surface area (Å²) < 4.78 is 0. The SMILES string of the molecule is Cc1ccc(C(=O)NC2CC2)cc1C(=O)O. The van der Waals surface area contributed by atoms with Gasteiger partial charge in [-0.1, -0.05) is 6.07 Å². The number of carboxylic acids is 1. The van der Waals surface area contributed by atoms with Gasteiger partial charge in [0.05, 0.1) is 5.56 Å². The largest absolute Gasteiger partial charge is 0.478 e. The summed E-state index contributed by atoms with van der Waals surface area (Å²) in [6.07, 6.45) is 2.03. The minimum atomic E-state index is -1.00. The molecule has 1 fully saturated rings. The molecule has 4 heteroatoms. The van der Waals surface area contributed by atoms with Crippen LogP contribution in [-0.2, 0) is 0 Å². The third kappa shape index (κ3) is 2.21. The van der Waals surface area contributed by atoms with E-state index in [2.05, 4.69) is 5.32 Å². The Hall–Kier alpha value is -1.84. The second-order valence-electron chi connectivity index (χ2n) is 4.08. The predicted molar refractivity (Wildman–Crippen MR) is 58.6 cm³/mol. The van der Waals surface area contributed by atoms with Crippen LogP contribution in [0.4, 0.5) is 0 Å². The Balaban J connectivity index is 2.23. The van der Waals surface area contributed by atoms with E-state index in [1.807, 2.05) is 0 Å². The lowest BCUT2D eigenvalue weighted by Gasteiger charge is -2.06. The van der Waals surface area contributed by atoms with Crippen molar-refractivity contribution in [1.29, 1.82) is 0 Å². The molecule has 0 spiro atoms. The molecule has 0 atom stereocenters. The van der Waals surface area contributed by atoms with E-state index >= 15 is 0 Å². The summed E-state index contributed by atoms with van der Waals surface area (Å²) in [5, 5.41) is 11.8. The zero-order valence-corrected chi connectivity index (χ0v) is 8.99. The van der Waals surface area contributed by atoms with Crippen molar-refractivity contribution in [2.45, 2.75) is 25.8 Å². The Kier molecular flexibility index (Phi) is 2.64. The fourth-order valence-electron chi connectivity index (χ4n) is 1.49. The molecule has 84 valence electrons. The van der Waals surface area contributed by atoms with Gasteiger partial charge in [-0.05, 0) is 37.5 Å². The fraction of sp³-hybridized carbons (Fsp3) is 0.333. The van der Waals surface area contributed by atoms with Gasteiger partial charge in [0.1, 0.15) is 0 Å². The molecule has 1 aliphatic carbocycles. The zero-order valence-electron chi connectivity index (χ0n) is 8.99. The van der Waals surface area contributed by atoms with E-state index in [-0.39, 0.29) is 17.5 Å². The molecule has 1 aromatic carbocycles. The van der Waals surface area contributed by atoms with Gasteiger partial charge in [-0.2, -0.15) is 0 Å². The highest BCUT2D eigenvalue weighted by Gasteiger charge is 2.24. The quantitative estimate of drug-likeness (QED) is 0.811. The molecule has 0 bridgehead atoms. The van der Waals surface area contributed by atoms with Crippen molar-refractivity contribution in [3.63, 3.8) is 0 Å². The van der Waals surface area contributed by atoms with Gasteiger partial charge in [-0.25, -0.2) is 4.79 Å². The van der Waals surface area contributed by atoms with Crippen LogP contribution in [0.1, 0.15) is 39.1 Å². The van der Waals surface area contributed by atoms with Crippen molar-refractivity contribution < 1.29 is 14.7 Å². The van der Waals surface area contributed by atoms with Gasteiger partial charge in [0.25, 0.3) is 5.91 Å². The number of carboxylic acid groups (broad SMARTS) is 1. The Labute approximate surface area is 93.3 Å². The molecular weight excluding hydrogens is 206 g/mol. The molecule has 0 saturated heterocycles. The van der Waals surface area contributed by atoms with Crippen molar-refractivity contribution in [1.82, 2.24) is 5.32 Å². The summed E-state index contributed by atoms with van der Waals surface area (Å²) in [6.45, 7) is 1.71. The lowest BCUT2D eigenvalue weighted by molar-refractivity contribution is 0.0696. The van der Waals surface area contributed by atoms with Gasteiger partial charge >= 0.3 is 5.97 Å². The second kappa shape index (κ2) is 3.96. The summed E-state index contributed by atoms with van der Waals surface area (Å²) in [5.74, 6) is -1.19. The lowest BCUT2D eigenvalue weighted by atomic mass is 10.0. The highest BCUT2D eigenvalue weighted by atomic mass is 16.4. The molecule has 0 unspecified atom stereocenters. The maximum absolute atomic E-state index is 11.7. The van der Waals surface area contributed by atoms with Gasteiger partial charge in [0.2, 0.25) is 0 Å². The van der Waals surface area contributed by atoms with Crippen LogP contribution in [0, 0.1) is 6.92 Å². The van der Waals surface area contributed by atoms with Gasteiger partial charge < -0.3 is 10.4 Å².